The average Bonchev–Trinajstić information content (AvgIpc) is 2.77. The second-order valence-corrected chi connectivity index (χ2v) is 5.14. The van der Waals surface area contributed by atoms with Crippen LogP contribution in [0, 0.1) is 6.92 Å². The minimum atomic E-state index is 1.10. The van der Waals surface area contributed by atoms with E-state index in [4.69, 9.17) is 0 Å². The van der Waals surface area contributed by atoms with Gasteiger partial charge in [0.2, 0.25) is 0 Å². The van der Waals surface area contributed by atoms with E-state index in [1.54, 1.807) is 0 Å². The van der Waals surface area contributed by atoms with Crippen LogP contribution < -0.4 is 0 Å². The number of fused-ring (bicyclic) bond motifs is 1. The van der Waals surface area contributed by atoms with Crippen LogP contribution in [-0.2, 0) is 6.42 Å². The Labute approximate surface area is 114 Å². The number of aryl methyl sites for hydroxylation is 2. The molecule has 0 fully saturated rings. The SMILES string of the molecule is CCCc1[nH]c2ccc(C)cc2c1-c1ccccc1. The molecule has 0 aliphatic heterocycles. The molecular formula is C18H19N. The van der Waals surface area contributed by atoms with Gasteiger partial charge in [0.05, 0.1) is 0 Å². The summed E-state index contributed by atoms with van der Waals surface area (Å²) in [6.07, 6.45) is 2.25. The Hall–Kier alpha value is -2.02. The number of rotatable bonds is 3. The molecule has 1 nitrogen and oxygen atoms in total. The molecule has 0 aliphatic carbocycles. The lowest BCUT2D eigenvalue weighted by molar-refractivity contribution is 0.898. The number of hydrogen-bond donors (Lipinski definition) is 1. The van der Waals surface area contributed by atoms with Crippen molar-refractivity contribution < 1.29 is 0 Å². The van der Waals surface area contributed by atoms with Crippen LogP contribution in [0.25, 0.3) is 22.0 Å². The maximum absolute atomic E-state index is 3.59. The Morgan fingerprint density at radius 2 is 1.79 bits per heavy atom. The lowest BCUT2D eigenvalue weighted by atomic mass is 9.99. The van der Waals surface area contributed by atoms with Crippen molar-refractivity contribution in [2.75, 3.05) is 0 Å². The molecule has 0 bridgehead atoms. The van der Waals surface area contributed by atoms with Crippen LogP contribution in [0.1, 0.15) is 24.6 Å². The van der Waals surface area contributed by atoms with E-state index in [0.717, 1.165) is 12.8 Å². The summed E-state index contributed by atoms with van der Waals surface area (Å²) in [4.78, 5) is 3.59. The summed E-state index contributed by atoms with van der Waals surface area (Å²) in [7, 11) is 0. The van der Waals surface area contributed by atoms with Crippen molar-refractivity contribution in [2.24, 2.45) is 0 Å². The van der Waals surface area contributed by atoms with E-state index in [0.29, 0.717) is 0 Å². The van der Waals surface area contributed by atoms with E-state index in [-0.39, 0.29) is 0 Å². The van der Waals surface area contributed by atoms with Crippen LogP contribution in [-0.4, -0.2) is 4.98 Å². The van der Waals surface area contributed by atoms with E-state index in [1.165, 1.54) is 33.3 Å². The van der Waals surface area contributed by atoms with Crippen LogP contribution in [0.2, 0.25) is 0 Å². The highest BCUT2D eigenvalue weighted by Gasteiger charge is 2.12. The van der Waals surface area contributed by atoms with Gasteiger partial charge in [0.15, 0.2) is 0 Å². The fraction of sp³-hybridized carbons (Fsp3) is 0.222. The minimum absolute atomic E-state index is 1.10. The average molecular weight is 249 g/mol. The van der Waals surface area contributed by atoms with Crippen LogP contribution in [0.3, 0.4) is 0 Å². The summed E-state index contributed by atoms with van der Waals surface area (Å²) in [5, 5.41) is 1.34. The summed E-state index contributed by atoms with van der Waals surface area (Å²) >= 11 is 0. The first kappa shape index (κ1) is 12.0. The number of benzene rings is 2. The van der Waals surface area contributed by atoms with E-state index in [9.17, 15) is 0 Å². The maximum atomic E-state index is 3.59. The molecule has 1 aromatic heterocycles. The van der Waals surface area contributed by atoms with Crippen LogP contribution in [0.5, 0.6) is 0 Å². The van der Waals surface area contributed by atoms with Gasteiger partial charge in [-0.05, 0) is 31.0 Å². The Morgan fingerprint density at radius 3 is 2.53 bits per heavy atom. The predicted octanol–water partition coefficient (Wildman–Crippen LogP) is 5.10. The topological polar surface area (TPSA) is 15.8 Å². The molecule has 0 amide bonds. The predicted molar refractivity (Wildman–Crippen MR) is 82.5 cm³/mol. The first-order valence-electron chi connectivity index (χ1n) is 6.96. The van der Waals surface area contributed by atoms with Gasteiger partial charge in [0.25, 0.3) is 0 Å². The Kier molecular flexibility index (Phi) is 3.12. The Morgan fingerprint density at radius 1 is 1.00 bits per heavy atom. The third-order valence-electron chi connectivity index (χ3n) is 3.59. The number of H-pyrrole nitrogens is 1. The van der Waals surface area contributed by atoms with Crippen molar-refractivity contribution in [3.63, 3.8) is 0 Å². The van der Waals surface area contributed by atoms with Crippen molar-refractivity contribution in [1.82, 2.24) is 4.98 Å². The Balaban J connectivity index is 2.30. The molecule has 1 heterocycles. The number of hydrogen-bond acceptors (Lipinski definition) is 0. The van der Waals surface area contributed by atoms with Gasteiger partial charge >= 0.3 is 0 Å². The first-order valence-corrected chi connectivity index (χ1v) is 6.96. The smallest absolute Gasteiger partial charge is 0.0462 e. The summed E-state index contributed by atoms with van der Waals surface area (Å²) in [6.45, 7) is 4.38. The normalized spacial score (nSPS) is 11.1. The highest BCUT2D eigenvalue weighted by atomic mass is 14.7. The highest BCUT2D eigenvalue weighted by molar-refractivity contribution is 5.97. The second kappa shape index (κ2) is 4.93. The highest BCUT2D eigenvalue weighted by Crippen LogP contribution is 2.33. The van der Waals surface area contributed by atoms with Crippen LogP contribution >= 0.6 is 0 Å². The van der Waals surface area contributed by atoms with Crippen molar-refractivity contribution >= 4 is 10.9 Å². The molecule has 3 aromatic rings. The molecular weight excluding hydrogens is 230 g/mol. The molecule has 96 valence electrons. The molecule has 0 unspecified atom stereocenters. The van der Waals surface area contributed by atoms with Gasteiger partial charge in [-0.1, -0.05) is 55.3 Å². The number of aromatic nitrogens is 1. The van der Waals surface area contributed by atoms with Crippen LogP contribution in [0.15, 0.2) is 48.5 Å². The van der Waals surface area contributed by atoms with Gasteiger partial charge in [0.1, 0.15) is 0 Å². The van der Waals surface area contributed by atoms with Gasteiger partial charge in [-0.25, -0.2) is 0 Å². The minimum Gasteiger partial charge on any atom is -0.358 e. The van der Waals surface area contributed by atoms with Crippen molar-refractivity contribution in [3.8, 4) is 11.1 Å². The third kappa shape index (κ3) is 2.17. The Bertz CT molecular complexity index is 692. The fourth-order valence-electron chi connectivity index (χ4n) is 2.73. The van der Waals surface area contributed by atoms with Gasteiger partial charge < -0.3 is 4.98 Å². The molecule has 1 N–H and O–H groups in total. The van der Waals surface area contributed by atoms with Crippen molar-refractivity contribution in [3.05, 3.63) is 59.8 Å². The molecule has 0 aliphatic rings. The zero-order valence-corrected chi connectivity index (χ0v) is 11.5. The van der Waals surface area contributed by atoms with Gasteiger partial charge in [-0.3, -0.25) is 0 Å². The van der Waals surface area contributed by atoms with Gasteiger partial charge in [-0.15, -0.1) is 0 Å². The summed E-state index contributed by atoms with van der Waals surface area (Å²) in [5.74, 6) is 0. The quantitative estimate of drug-likeness (QED) is 0.665. The summed E-state index contributed by atoms with van der Waals surface area (Å²) < 4.78 is 0. The molecule has 19 heavy (non-hydrogen) atoms. The zero-order valence-electron chi connectivity index (χ0n) is 11.5. The molecule has 0 saturated heterocycles. The number of nitrogens with one attached hydrogen (secondary N) is 1. The fourth-order valence-corrected chi connectivity index (χ4v) is 2.73. The maximum Gasteiger partial charge on any atom is 0.0462 e. The molecule has 2 aromatic carbocycles. The zero-order chi connectivity index (χ0) is 13.2. The molecule has 0 radical (unpaired) electrons. The number of aromatic amines is 1. The lowest BCUT2D eigenvalue weighted by Gasteiger charge is -2.04. The lowest BCUT2D eigenvalue weighted by Crippen LogP contribution is -1.87. The van der Waals surface area contributed by atoms with Gasteiger partial charge in [0, 0.05) is 22.2 Å². The first-order chi connectivity index (χ1) is 9.29. The van der Waals surface area contributed by atoms with E-state index >= 15 is 0 Å². The van der Waals surface area contributed by atoms with E-state index in [2.05, 4.69) is 67.4 Å². The molecule has 1 heteroatoms. The third-order valence-corrected chi connectivity index (χ3v) is 3.59. The van der Waals surface area contributed by atoms with Crippen LogP contribution in [0.4, 0.5) is 0 Å². The monoisotopic (exact) mass is 249 g/mol. The standard InChI is InChI=1S/C18H19N/c1-3-7-17-18(14-8-5-4-6-9-14)15-12-13(2)10-11-16(15)19-17/h4-6,8-12,19H,3,7H2,1-2H3. The van der Waals surface area contributed by atoms with E-state index < -0.39 is 0 Å². The molecule has 3 rings (SSSR count). The molecule has 0 atom stereocenters. The summed E-state index contributed by atoms with van der Waals surface area (Å²) in [6, 6.07) is 17.3. The summed E-state index contributed by atoms with van der Waals surface area (Å²) in [5.41, 5.74) is 6.60. The van der Waals surface area contributed by atoms with Crippen molar-refractivity contribution in [1.29, 1.82) is 0 Å². The van der Waals surface area contributed by atoms with Gasteiger partial charge in [-0.2, -0.15) is 0 Å². The van der Waals surface area contributed by atoms with Crippen molar-refractivity contribution in [2.45, 2.75) is 26.7 Å². The second-order valence-electron chi connectivity index (χ2n) is 5.14. The molecule has 0 spiro atoms. The molecule has 0 saturated carbocycles. The van der Waals surface area contributed by atoms with E-state index in [1.807, 2.05) is 0 Å². The largest absolute Gasteiger partial charge is 0.358 e.